The Kier molecular flexibility index (Phi) is 6.30. The van der Waals surface area contributed by atoms with E-state index in [-0.39, 0.29) is 26.7 Å². The van der Waals surface area contributed by atoms with Crippen LogP contribution in [0.5, 0.6) is 0 Å². The molecule has 0 aliphatic rings. The first kappa shape index (κ1) is 23.7. The molecule has 32 heavy (non-hydrogen) atoms. The minimum atomic E-state index is -3.90. The average molecular weight is 475 g/mol. The molecule has 3 rings (SSSR count). The van der Waals surface area contributed by atoms with Gasteiger partial charge in [0, 0.05) is 17.4 Å². The van der Waals surface area contributed by atoms with E-state index in [0.29, 0.717) is 11.5 Å². The van der Waals surface area contributed by atoms with Gasteiger partial charge in [-0.2, -0.15) is 0 Å². The number of nitrogens with zero attached hydrogens (tertiary/aromatic N) is 2. The predicted octanol–water partition coefficient (Wildman–Crippen LogP) is 3.99. The van der Waals surface area contributed by atoms with E-state index < -0.39 is 20.0 Å². The van der Waals surface area contributed by atoms with E-state index >= 15 is 0 Å². The molecule has 0 bridgehead atoms. The molecule has 2 aromatic carbocycles. The maximum absolute atomic E-state index is 12.7. The summed E-state index contributed by atoms with van der Waals surface area (Å²) >= 11 is 0. The van der Waals surface area contributed by atoms with E-state index in [4.69, 9.17) is 0 Å². The number of aromatic nitrogens is 2. The highest BCUT2D eigenvalue weighted by Crippen LogP contribution is 2.25. The largest absolute Gasteiger partial charge is 0.280 e. The van der Waals surface area contributed by atoms with Crippen LogP contribution in [-0.4, -0.2) is 26.8 Å². The van der Waals surface area contributed by atoms with Crippen LogP contribution in [-0.2, 0) is 25.5 Å². The van der Waals surface area contributed by atoms with Crippen molar-refractivity contribution < 1.29 is 16.8 Å². The summed E-state index contributed by atoms with van der Waals surface area (Å²) in [5.74, 6) is 0.612. The molecule has 0 spiro atoms. The van der Waals surface area contributed by atoms with E-state index in [1.54, 1.807) is 38.1 Å². The number of anilines is 2. The van der Waals surface area contributed by atoms with Crippen LogP contribution in [0.4, 0.5) is 11.5 Å². The molecule has 170 valence electrons. The van der Waals surface area contributed by atoms with Crippen molar-refractivity contribution >= 4 is 31.6 Å². The number of hydrogen-bond acceptors (Lipinski definition) is 6. The number of benzene rings is 2. The van der Waals surface area contributed by atoms with Crippen molar-refractivity contribution in [3.8, 4) is 0 Å². The van der Waals surface area contributed by atoms with E-state index in [9.17, 15) is 16.8 Å². The molecular formula is C22H26N4O4S2. The Bertz CT molecular complexity index is 1310. The summed E-state index contributed by atoms with van der Waals surface area (Å²) in [7, 11) is -7.71. The Balaban J connectivity index is 1.77. The molecule has 2 N–H and O–H groups in total. The summed E-state index contributed by atoms with van der Waals surface area (Å²) in [6.07, 6.45) is 0. The smallest absolute Gasteiger partial charge is 0.263 e. The Labute approximate surface area is 189 Å². The van der Waals surface area contributed by atoms with Gasteiger partial charge in [-0.1, -0.05) is 32.9 Å². The number of hydrogen-bond donors (Lipinski definition) is 2. The van der Waals surface area contributed by atoms with E-state index in [1.807, 2.05) is 20.8 Å². The third-order valence-corrected chi connectivity index (χ3v) is 7.42. The second-order valence-electron chi connectivity index (χ2n) is 8.45. The fourth-order valence-corrected chi connectivity index (χ4v) is 5.07. The summed E-state index contributed by atoms with van der Waals surface area (Å²) in [5.41, 5.74) is 1.81. The molecule has 1 aromatic heterocycles. The van der Waals surface area contributed by atoms with Gasteiger partial charge in [-0.15, -0.1) is 0 Å². The summed E-state index contributed by atoms with van der Waals surface area (Å²) in [4.78, 5) is 8.28. The molecule has 0 saturated carbocycles. The topological polar surface area (TPSA) is 118 Å². The molecule has 0 amide bonds. The van der Waals surface area contributed by atoms with Gasteiger partial charge in [0.15, 0.2) is 0 Å². The predicted molar refractivity (Wildman–Crippen MR) is 125 cm³/mol. The van der Waals surface area contributed by atoms with Gasteiger partial charge in [-0.05, 0) is 61.2 Å². The van der Waals surface area contributed by atoms with Crippen molar-refractivity contribution in [2.24, 2.45) is 0 Å². The van der Waals surface area contributed by atoms with Crippen molar-refractivity contribution in [1.29, 1.82) is 0 Å². The van der Waals surface area contributed by atoms with Crippen molar-refractivity contribution in [3.63, 3.8) is 0 Å². The molecule has 10 heteroatoms. The van der Waals surface area contributed by atoms with Gasteiger partial charge in [-0.3, -0.25) is 9.44 Å². The maximum atomic E-state index is 12.7. The summed E-state index contributed by atoms with van der Waals surface area (Å²) in [6.45, 7) is 9.55. The number of aryl methyl sites for hydroxylation is 2. The average Bonchev–Trinajstić information content (AvgIpc) is 2.66. The molecular weight excluding hydrogens is 448 g/mol. The van der Waals surface area contributed by atoms with Crippen molar-refractivity contribution in [1.82, 2.24) is 9.97 Å². The maximum Gasteiger partial charge on any atom is 0.263 e. The highest BCUT2D eigenvalue weighted by atomic mass is 32.2. The highest BCUT2D eigenvalue weighted by Gasteiger charge is 2.19. The first-order valence-electron chi connectivity index (χ1n) is 9.85. The first-order valence-corrected chi connectivity index (χ1v) is 12.8. The molecule has 8 nitrogen and oxygen atoms in total. The summed E-state index contributed by atoms with van der Waals surface area (Å²) < 4.78 is 55.6. The molecule has 3 aromatic rings. The number of nitrogens with one attached hydrogen (secondary N) is 2. The highest BCUT2D eigenvalue weighted by molar-refractivity contribution is 7.93. The van der Waals surface area contributed by atoms with Crippen LogP contribution in [0.25, 0.3) is 0 Å². The zero-order valence-electron chi connectivity index (χ0n) is 18.5. The van der Waals surface area contributed by atoms with E-state index in [0.717, 1.165) is 5.56 Å². The fraction of sp³-hybridized carbons (Fsp3) is 0.273. The molecule has 0 radical (unpaired) electrons. The second kappa shape index (κ2) is 8.51. The van der Waals surface area contributed by atoms with E-state index in [1.165, 1.54) is 30.3 Å². The van der Waals surface area contributed by atoms with Crippen LogP contribution in [0.15, 0.2) is 64.4 Å². The fourth-order valence-electron chi connectivity index (χ4n) is 3.02. The SMILES string of the molecule is Cc1cc(NS(=O)(=O)c2ccc(NS(=O)(=O)c3ccc(C(C)(C)C)cc3)cc2)nc(C)n1. The van der Waals surface area contributed by atoms with Gasteiger partial charge in [0.25, 0.3) is 20.0 Å². The Morgan fingerprint density at radius 2 is 1.22 bits per heavy atom. The van der Waals surface area contributed by atoms with E-state index in [2.05, 4.69) is 19.4 Å². The van der Waals surface area contributed by atoms with Crippen LogP contribution in [0.3, 0.4) is 0 Å². The lowest BCUT2D eigenvalue weighted by atomic mass is 9.87. The Morgan fingerprint density at radius 1 is 0.719 bits per heavy atom. The lowest BCUT2D eigenvalue weighted by molar-refractivity contribution is 0.587. The Morgan fingerprint density at radius 3 is 1.72 bits per heavy atom. The normalized spacial score (nSPS) is 12.4. The van der Waals surface area contributed by atoms with Crippen molar-refractivity contribution in [2.75, 3.05) is 9.44 Å². The first-order chi connectivity index (χ1) is 14.8. The third kappa shape index (κ3) is 5.63. The van der Waals surface area contributed by atoms with Gasteiger partial charge in [0.05, 0.1) is 9.79 Å². The van der Waals surface area contributed by atoms with Crippen LogP contribution in [0.1, 0.15) is 37.9 Å². The number of sulfonamides is 2. The molecule has 0 atom stereocenters. The summed E-state index contributed by atoms with van der Waals surface area (Å²) in [6, 6.07) is 13.6. The van der Waals surface area contributed by atoms with Crippen molar-refractivity contribution in [2.45, 2.75) is 49.8 Å². The lowest BCUT2D eigenvalue weighted by Crippen LogP contribution is -2.16. The standard InChI is InChI=1S/C22H26N4O4S2/c1-15-14-21(24-16(2)23-15)26-32(29,30)20-12-8-18(9-13-20)25-31(27,28)19-10-6-17(7-11-19)22(3,4)5/h6-14,25H,1-5H3,(H,23,24,26). The minimum absolute atomic E-state index is 0.0242. The molecule has 1 heterocycles. The summed E-state index contributed by atoms with van der Waals surface area (Å²) in [5, 5.41) is 0. The quantitative estimate of drug-likeness (QED) is 0.558. The molecule has 0 fully saturated rings. The van der Waals surface area contributed by atoms with Gasteiger partial charge in [0.1, 0.15) is 11.6 Å². The monoisotopic (exact) mass is 474 g/mol. The lowest BCUT2D eigenvalue weighted by Gasteiger charge is -2.19. The van der Waals surface area contributed by atoms with Gasteiger partial charge >= 0.3 is 0 Å². The number of rotatable bonds is 6. The van der Waals surface area contributed by atoms with Crippen LogP contribution >= 0.6 is 0 Å². The Hall–Kier alpha value is -2.98. The minimum Gasteiger partial charge on any atom is -0.280 e. The van der Waals surface area contributed by atoms with Gasteiger partial charge < -0.3 is 0 Å². The molecule has 0 saturated heterocycles. The van der Waals surface area contributed by atoms with Gasteiger partial charge in [-0.25, -0.2) is 26.8 Å². The van der Waals surface area contributed by atoms with Crippen molar-refractivity contribution in [3.05, 3.63) is 71.7 Å². The van der Waals surface area contributed by atoms with Crippen LogP contribution in [0, 0.1) is 13.8 Å². The zero-order valence-corrected chi connectivity index (χ0v) is 20.2. The zero-order chi connectivity index (χ0) is 23.7. The molecule has 0 unspecified atom stereocenters. The molecule has 0 aliphatic carbocycles. The van der Waals surface area contributed by atoms with Crippen LogP contribution in [0.2, 0.25) is 0 Å². The third-order valence-electron chi connectivity index (χ3n) is 4.65. The van der Waals surface area contributed by atoms with Crippen LogP contribution < -0.4 is 9.44 Å². The molecule has 0 aliphatic heterocycles. The second-order valence-corrected chi connectivity index (χ2v) is 11.8. The van der Waals surface area contributed by atoms with Gasteiger partial charge in [0.2, 0.25) is 0 Å².